The van der Waals surface area contributed by atoms with E-state index in [-0.39, 0.29) is 5.41 Å². The molecule has 1 unspecified atom stereocenters. The summed E-state index contributed by atoms with van der Waals surface area (Å²) in [5.41, 5.74) is 6.02. The summed E-state index contributed by atoms with van der Waals surface area (Å²) < 4.78 is 14.6. The average molecular weight is 535 g/mol. The highest BCUT2D eigenvalue weighted by Crippen LogP contribution is 2.37. The van der Waals surface area contributed by atoms with E-state index in [2.05, 4.69) is 82.3 Å². The van der Waals surface area contributed by atoms with Crippen molar-refractivity contribution in [3.8, 4) is 0 Å². The molecule has 0 bridgehead atoms. The number of halogens is 2. The summed E-state index contributed by atoms with van der Waals surface area (Å²) in [6, 6.07) is 14.5. The molecule has 6 nitrogen and oxygen atoms in total. The lowest BCUT2D eigenvalue weighted by atomic mass is 9.77. The summed E-state index contributed by atoms with van der Waals surface area (Å²) in [7, 11) is -2.43. The van der Waals surface area contributed by atoms with E-state index in [1.807, 2.05) is 12.1 Å². The van der Waals surface area contributed by atoms with Crippen LogP contribution in [0, 0.1) is 0 Å². The van der Waals surface area contributed by atoms with Gasteiger partial charge in [-0.1, -0.05) is 50.6 Å². The van der Waals surface area contributed by atoms with E-state index in [9.17, 15) is 4.21 Å². The number of rotatable bonds is 11. The molecule has 1 aromatic heterocycles. The molecule has 3 rings (SSSR count). The average Bonchev–Trinajstić information content (AvgIpc) is 2.81. The lowest BCUT2D eigenvalue weighted by Gasteiger charge is -2.28. The van der Waals surface area contributed by atoms with Crippen molar-refractivity contribution in [2.24, 2.45) is 0 Å². The number of nitrogens with one attached hydrogen (secondary N) is 3. The van der Waals surface area contributed by atoms with Crippen LogP contribution in [0.2, 0.25) is 5.02 Å². The second-order valence-electron chi connectivity index (χ2n) is 9.00. The Kier molecular flexibility index (Phi) is 8.91. The van der Waals surface area contributed by atoms with Gasteiger partial charge in [0.2, 0.25) is 5.95 Å². The Hall–Kier alpha value is -2.48. The zero-order valence-electron chi connectivity index (χ0n) is 20.6. The lowest BCUT2D eigenvalue weighted by Crippen LogP contribution is -2.20. The Balaban J connectivity index is 1.74. The van der Waals surface area contributed by atoms with Crippen molar-refractivity contribution in [3.05, 3.63) is 76.1 Å². The molecule has 188 valence electrons. The highest BCUT2D eigenvalue weighted by molar-refractivity contribution is 8.00. The minimum atomic E-state index is -2.43. The van der Waals surface area contributed by atoms with Gasteiger partial charge in [0.15, 0.2) is 0 Å². The smallest absolute Gasteiger partial charge is 0.234 e. The van der Waals surface area contributed by atoms with E-state index < -0.39 is 9.71 Å². The van der Waals surface area contributed by atoms with Gasteiger partial charge in [-0.25, -0.2) is 14.2 Å². The number of hydrogen-bond donors (Lipinski definition) is 3. The Morgan fingerprint density at radius 2 is 1.80 bits per heavy atom. The summed E-state index contributed by atoms with van der Waals surface area (Å²) in [5.74, 6) is 4.41. The van der Waals surface area contributed by atoms with Crippen molar-refractivity contribution in [1.82, 2.24) is 9.97 Å². The molecule has 0 spiro atoms. The second-order valence-corrected chi connectivity index (χ2v) is 12.0. The van der Waals surface area contributed by atoms with Crippen molar-refractivity contribution in [1.29, 1.82) is 0 Å². The molecule has 35 heavy (non-hydrogen) atoms. The first-order valence-corrected chi connectivity index (χ1v) is 14.5. The maximum absolute atomic E-state index is 11.8. The predicted octanol–water partition coefficient (Wildman–Crippen LogP) is 5.95. The molecular weight excluding hydrogens is 501 g/mol. The van der Waals surface area contributed by atoms with Gasteiger partial charge >= 0.3 is 0 Å². The number of alkyl halides is 1. The molecule has 0 aliphatic carbocycles. The maximum atomic E-state index is 11.8. The molecular formula is C26H33Cl2N5OS. The Morgan fingerprint density at radius 3 is 2.43 bits per heavy atom. The van der Waals surface area contributed by atoms with Gasteiger partial charge < -0.3 is 10.6 Å². The first-order valence-electron chi connectivity index (χ1n) is 11.4. The van der Waals surface area contributed by atoms with E-state index >= 15 is 0 Å². The van der Waals surface area contributed by atoms with E-state index in [4.69, 9.17) is 23.2 Å². The van der Waals surface area contributed by atoms with Gasteiger partial charge in [0.05, 0.1) is 22.9 Å². The molecule has 2 aromatic carbocycles. The molecule has 0 aliphatic heterocycles. The van der Waals surface area contributed by atoms with Gasteiger partial charge in [-0.3, -0.25) is 4.72 Å². The predicted molar refractivity (Wildman–Crippen MR) is 153 cm³/mol. The van der Waals surface area contributed by atoms with Crippen LogP contribution in [0.4, 0.5) is 17.3 Å². The number of aromatic nitrogens is 2. The summed E-state index contributed by atoms with van der Waals surface area (Å²) in [6.45, 7) is 7.72. The van der Waals surface area contributed by atoms with Crippen LogP contribution in [0.5, 0.6) is 0 Å². The number of anilines is 3. The van der Waals surface area contributed by atoms with Crippen LogP contribution >= 0.6 is 23.2 Å². The van der Waals surface area contributed by atoms with E-state index in [0.717, 1.165) is 29.1 Å². The van der Waals surface area contributed by atoms with Crippen LogP contribution in [-0.4, -0.2) is 38.7 Å². The molecule has 1 heterocycles. The topological polar surface area (TPSA) is 78.9 Å². The van der Waals surface area contributed by atoms with Gasteiger partial charge in [0.25, 0.3) is 0 Å². The SMILES string of the molecule is C=S(C)(=O)Nc1nccc(CNc2ccc(C(C)(C)c3cc(Cl)c(NCCCl)c(CC)c3)cc2)n1. The Morgan fingerprint density at radius 1 is 1.09 bits per heavy atom. The molecule has 0 fully saturated rings. The van der Waals surface area contributed by atoms with Crippen LogP contribution in [-0.2, 0) is 28.1 Å². The normalized spacial score (nSPS) is 13.2. The number of aryl methyl sites for hydroxylation is 1. The standard InChI is InChI=1S/C26H33Cl2N5OS/c1-6-18-15-20(16-23(28)24(18)29-14-12-27)26(2,3)19-7-9-21(10-8-19)31-17-22-11-13-30-25(32-22)33-35(4,5)34/h7-11,13,15-16,29,31H,4,6,12,14,17H2,1-3,5H3,(H,30,32,33,34). The Labute approximate surface area is 219 Å². The summed E-state index contributed by atoms with van der Waals surface area (Å²) in [5, 5.41) is 7.44. The fourth-order valence-corrected chi connectivity index (χ4v) is 4.66. The monoisotopic (exact) mass is 533 g/mol. The van der Waals surface area contributed by atoms with Crippen LogP contribution in [0.25, 0.3) is 0 Å². The van der Waals surface area contributed by atoms with E-state index in [1.165, 1.54) is 17.4 Å². The first-order chi connectivity index (χ1) is 16.5. The third-order valence-corrected chi connectivity index (χ3v) is 6.87. The van der Waals surface area contributed by atoms with Crippen LogP contribution in [0.3, 0.4) is 0 Å². The van der Waals surface area contributed by atoms with Crippen molar-refractivity contribution in [3.63, 3.8) is 0 Å². The summed E-state index contributed by atoms with van der Waals surface area (Å²) in [4.78, 5) is 8.49. The summed E-state index contributed by atoms with van der Waals surface area (Å²) >= 11 is 12.5. The zero-order valence-corrected chi connectivity index (χ0v) is 22.9. The van der Waals surface area contributed by atoms with Gasteiger partial charge in [0, 0.05) is 45.7 Å². The molecule has 0 aliphatic rings. The fourth-order valence-electron chi connectivity index (χ4n) is 3.77. The molecule has 0 radical (unpaired) electrons. The van der Waals surface area contributed by atoms with Crippen LogP contribution in [0.1, 0.15) is 43.2 Å². The van der Waals surface area contributed by atoms with Gasteiger partial charge in [-0.05, 0) is 53.2 Å². The van der Waals surface area contributed by atoms with Crippen molar-refractivity contribution < 1.29 is 4.21 Å². The van der Waals surface area contributed by atoms with E-state index in [1.54, 1.807) is 6.20 Å². The highest BCUT2D eigenvalue weighted by atomic mass is 35.5. The van der Waals surface area contributed by atoms with Crippen molar-refractivity contribution in [2.75, 3.05) is 34.0 Å². The van der Waals surface area contributed by atoms with Gasteiger partial charge in [-0.15, -0.1) is 11.6 Å². The number of hydrogen-bond acceptors (Lipinski definition) is 5. The maximum Gasteiger partial charge on any atom is 0.234 e. The van der Waals surface area contributed by atoms with Crippen LogP contribution in [0.15, 0.2) is 48.7 Å². The molecule has 0 saturated heterocycles. The van der Waals surface area contributed by atoms with Gasteiger partial charge in [-0.2, -0.15) is 0 Å². The summed E-state index contributed by atoms with van der Waals surface area (Å²) in [6.07, 6.45) is 4.02. The largest absolute Gasteiger partial charge is 0.382 e. The minimum absolute atomic E-state index is 0.230. The van der Waals surface area contributed by atoms with Gasteiger partial charge in [0.1, 0.15) is 0 Å². The minimum Gasteiger partial charge on any atom is -0.382 e. The molecule has 0 amide bonds. The second kappa shape index (κ2) is 11.5. The first kappa shape index (κ1) is 27.1. The molecule has 3 N–H and O–H groups in total. The van der Waals surface area contributed by atoms with Crippen molar-refractivity contribution >= 4 is 56.1 Å². The third-order valence-electron chi connectivity index (χ3n) is 5.77. The molecule has 3 aromatic rings. The zero-order chi connectivity index (χ0) is 25.6. The lowest BCUT2D eigenvalue weighted by molar-refractivity contribution is 0.640. The fraction of sp³-hybridized carbons (Fsp3) is 0.346. The molecule has 9 heteroatoms. The Bertz CT molecular complexity index is 1260. The quantitative estimate of drug-likeness (QED) is 0.209. The third kappa shape index (κ3) is 7.26. The van der Waals surface area contributed by atoms with Crippen molar-refractivity contribution in [2.45, 2.75) is 39.2 Å². The van der Waals surface area contributed by atoms with Crippen LogP contribution < -0.4 is 15.4 Å². The molecule has 0 saturated carbocycles. The highest BCUT2D eigenvalue weighted by Gasteiger charge is 2.25. The number of nitrogens with zero attached hydrogens (tertiary/aromatic N) is 2. The number of benzene rings is 2. The molecule has 1 atom stereocenters. The van der Waals surface area contributed by atoms with E-state index in [0.29, 0.717) is 29.9 Å².